The number of hydrogen-bond donors (Lipinski definition) is 2. The van der Waals surface area contributed by atoms with Crippen molar-refractivity contribution in [3.8, 4) is 11.5 Å². The topological polar surface area (TPSA) is 97.0 Å². The lowest BCUT2D eigenvalue weighted by Gasteiger charge is -2.39. The number of nitrogens with zero attached hydrogens (tertiary/aromatic N) is 1. The minimum absolute atomic E-state index is 0.0260. The van der Waals surface area contributed by atoms with Gasteiger partial charge in [-0.1, -0.05) is 40.2 Å². The van der Waals surface area contributed by atoms with Gasteiger partial charge < -0.3 is 14.8 Å². The number of amides is 4. The maximum Gasteiger partial charge on any atom is 0.335 e. The first kappa shape index (κ1) is 24.3. The number of halogens is 1. The van der Waals surface area contributed by atoms with Crippen LogP contribution in [0.3, 0.4) is 0 Å². The number of rotatable bonds is 8. The van der Waals surface area contributed by atoms with Gasteiger partial charge in [-0.2, -0.15) is 0 Å². The number of methoxy groups -OCH3 is 2. The van der Waals surface area contributed by atoms with E-state index in [-0.39, 0.29) is 13.0 Å². The van der Waals surface area contributed by atoms with E-state index in [1.807, 2.05) is 24.3 Å². The molecule has 0 spiro atoms. The molecule has 0 aromatic heterocycles. The van der Waals surface area contributed by atoms with E-state index in [0.29, 0.717) is 22.7 Å². The van der Waals surface area contributed by atoms with Gasteiger partial charge in [0.05, 0.1) is 19.9 Å². The van der Waals surface area contributed by atoms with Crippen LogP contribution < -0.4 is 25.0 Å². The van der Waals surface area contributed by atoms with E-state index in [1.165, 1.54) is 14.2 Å². The van der Waals surface area contributed by atoms with E-state index in [1.54, 1.807) is 48.5 Å². The summed E-state index contributed by atoms with van der Waals surface area (Å²) in [5.41, 5.74) is 0.161. The molecule has 1 aliphatic rings. The molecule has 0 unspecified atom stereocenters. The number of benzene rings is 3. The smallest absolute Gasteiger partial charge is 0.335 e. The molecule has 35 heavy (non-hydrogen) atoms. The van der Waals surface area contributed by atoms with E-state index in [2.05, 4.69) is 26.6 Å². The summed E-state index contributed by atoms with van der Waals surface area (Å²) in [4.78, 5) is 41.1. The van der Waals surface area contributed by atoms with Crippen molar-refractivity contribution in [2.45, 2.75) is 6.42 Å². The Hall–Kier alpha value is -3.85. The standard InChI is InChI=1S/C26H24BrN3O5/c1-34-21-13-8-17(14-22(21)35-2)15-26(16-28-19-11-9-18(27)10-12-19)23(31)29-25(33)30(24(26)32)20-6-4-3-5-7-20/h3-14,28H,15-16H2,1-2H3,(H,29,31,33)/t26-/m1/s1. The Kier molecular flexibility index (Phi) is 7.07. The lowest BCUT2D eigenvalue weighted by molar-refractivity contribution is -0.141. The third-order valence-electron chi connectivity index (χ3n) is 5.88. The Morgan fingerprint density at radius 3 is 2.26 bits per heavy atom. The lowest BCUT2D eigenvalue weighted by atomic mass is 9.77. The Morgan fingerprint density at radius 2 is 1.60 bits per heavy atom. The number of anilines is 2. The normalized spacial score (nSPS) is 17.7. The van der Waals surface area contributed by atoms with E-state index in [4.69, 9.17) is 9.47 Å². The lowest BCUT2D eigenvalue weighted by Crippen LogP contribution is -2.67. The summed E-state index contributed by atoms with van der Waals surface area (Å²) in [6.07, 6.45) is 0.0260. The largest absolute Gasteiger partial charge is 0.493 e. The molecular weight excluding hydrogens is 514 g/mol. The molecule has 0 aliphatic carbocycles. The first-order valence-corrected chi connectivity index (χ1v) is 11.6. The van der Waals surface area contributed by atoms with Crippen LogP contribution >= 0.6 is 15.9 Å². The zero-order chi connectivity index (χ0) is 25.0. The van der Waals surface area contributed by atoms with Gasteiger partial charge in [-0.15, -0.1) is 0 Å². The molecule has 1 atom stereocenters. The molecule has 3 aromatic carbocycles. The average Bonchev–Trinajstić information content (AvgIpc) is 2.87. The molecule has 1 saturated heterocycles. The zero-order valence-corrected chi connectivity index (χ0v) is 20.8. The highest BCUT2D eigenvalue weighted by Crippen LogP contribution is 2.36. The quantitative estimate of drug-likeness (QED) is 0.413. The van der Waals surface area contributed by atoms with Gasteiger partial charge in [-0.05, 0) is 60.5 Å². The molecule has 4 amide bonds. The summed E-state index contributed by atoms with van der Waals surface area (Å²) in [6.45, 7) is -0.0374. The summed E-state index contributed by atoms with van der Waals surface area (Å²) >= 11 is 3.40. The number of carbonyl (C=O) groups is 3. The fraction of sp³-hybridized carbons (Fsp3) is 0.192. The Balaban J connectivity index is 1.76. The molecule has 0 saturated carbocycles. The van der Waals surface area contributed by atoms with Crippen molar-refractivity contribution in [3.63, 3.8) is 0 Å². The van der Waals surface area contributed by atoms with Crippen molar-refractivity contribution in [1.82, 2.24) is 5.32 Å². The average molecular weight is 538 g/mol. The summed E-state index contributed by atoms with van der Waals surface area (Å²) < 4.78 is 11.6. The van der Waals surface area contributed by atoms with Crippen LogP contribution in [0.1, 0.15) is 5.56 Å². The van der Waals surface area contributed by atoms with Gasteiger partial charge in [0.1, 0.15) is 5.41 Å². The first-order valence-electron chi connectivity index (χ1n) is 10.8. The molecule has 0 bridgehead atoms. The number of urea groups is 1. The van der Waals surface area contributed by atoms with Gasteiger partial charge in [0.15, 0.2) is 11.5 Å². The van der Waals surface area contributed by atoms with Crippen molar-refractivity contribution in [2.24, 2.45) is 5.41 Å². The second-order valence-corrected chi connectivity index (χ2v) is 8.96. The van der Waals surface area contributed by atoms with Crippen LogP contribution in [0.25, 0.3) is 0 Å². The molecule has 3 aromatic rings. The summed E-state index contributed by atoms with van der Waals surface area (Å²) in [5, 5.41) is 5.59. The van der Waals surface area contributed by atoms with Gasteiger partial charge in [0, 0.05) is 16.7 Å². The number of hydrogen-bond acceptors (Lipinski definition) is 6. The van der Waals surface area contributed by atoms with Crippen molar-refractivity contribution < 1.29 is 23.9 Å². The van der Waals surface area contributed by atoms with Gasteiger partial charge in [0.2, 0.25) is 5.91 Å². The molecule has 1 heterocycles. The van der Waals surface area contributed by atoms with E-state index in [9.17, 15) is 14.4 Å². The summed E-state index contributed by atoms with van der Waals surface area (Å²) in [5.74, 6) is -0.282. The SMILES string of the molecule is COc1ccc(C[C@@]2(CNc3ccc(Br)cc3)C(=O)NC(=O)N(c3ccccc3)C2=O)cc1OC. The molecule has 2 N–H and O–H groups in total. The third kappa shape index (κ3) is 4.85. The first-order chi connectivity index (χ1) is 16.9. The molecule has 180 valence electrons. The minimum atomic E-state index is -1.61. The van der Waals surface area contributed by atoms with Crippen LogP contribution in [0.4, 0.5) is 16.2 Å². The predicted molar refractivity (Wildman–Crippen MR) is 136 cm³/mol. The highest BCUT2D eigenvalue weighted by molar-refractivity contribution is 9.10. The number of para-hydroxylation sites is 1. The Labute approximate surface area is 211 Å². The van der Waals surface area contributed by atoms with Crippen LogP contribution in [0.5, 0.6) is 11.5 Å². The van der Waals surface area contributed by atoms with Gasteiger partial charge in [-0.25, -0.2) is 9.69 Å². The van der Waals surface area contributed by atoms with Gasteiger partial charge >= 0.3 is 6.03 Å². The molecular formula is C26H24BrN3O5. The number of nitrogens with one attached hydrogen (secondary N) is 2. The number of imide groups is 2. The van der Waals surface area contributed by atoms with Crippen molar-refractivity contribution in [1.29, 1.82) is 0 Å². The van der Waals surface area contributed by atoms with Crippen LogP contribution in [0.15, 0.2) is 77.3 Å². The highest BCUT2D eigenvalue weighted by Gasteiger charge is 2.54. The second kappa shape index (κ2) is 10.2. The maximum atomic E-state index is 14.0. The second-order valence-electron chi connectivity index (χ2n) is 8.04. The van der Waals surface area contributed by atoms with Crippen molar-refractivity contribution in [3.05, 3.63) is 82.8 Å². The van der Waals surface area contributed by atoms with E-state index >= 15 is 0 Å². The Bertz CT molecular complexity index is 1250. The van der Waals surface area contributed by atoms with E-state index < -0.39 is 23.3 Å². The van der Waals surface area contributed by atoms with Crippen molar-refractivity contribution >= 4 is 45.2 Å². The number of barbiturate groups is 1. The van der Waals surface area contributed by atoms with Gasteiger partial charge in [0.25, 0.3) is 5.91 Å². The Morgan fingerprint density at radius 1 is 0.914 bits per heavy atom. The maximum absolute atomic E-state index is 14.0. The van der Waals surface area contributed by atoms with Crippen LogP contribution in [0, 0.1) is 5.41 Å². The number of carbonyl (C=O) groups excluding carboxylic acids is 3. The van der Waals surface area contributed by atoms with Crippen LogP contribution in [-0.2, 0) is 16.0 Å². The monoisotopic (exact) mass is 537 g/mol. The van der Waals surface area contributed by atoms with Crippen LogP contribution in [0.2, 0.25) is 0 Å². The molecule has 9 heteroatoms. The summed E-state index contributed by atoms with van der Waals surface area (Å²) in [7, 11) is 3.05. The molecule has 0 radical (unpaired) electrons. The van der Waals surface area contributed by atoms with Gasteiger partial charge in [-0.3, -0.25) is 14.9 Å². The minimum Gasteiger partial charge on any atom is -0.493 e. The van der Waals surface area contributed by atoms with Crippen molar-refractivity contribution in [2.75, 3.05) is 31.0 Å². The summed E-state index contributed by atoms with van der Waals surface area (Å²) in [6, 6.07) is 20.3. The van der Waals surface area contributed by atoms with E-state index in [0.717, 1.165) is 15.1 Å². The molecule has 8 nitrogen and oxygen atoms in total. The number of ether oxygens (including phenoxy) is 2. The molecule has 1 aliphatic heterocycles. The fourth-order valence-corrected chi connectivity index (χ4v) is 4.29. The molecule has 1 fully saturated rings. The molecule has 4 rings (SSSR count). The highest BCUT2D eigenvalue weighted by atomic mass is 79.9. The van der Waals surface area contributed by atoms with Crippen LogP contribution in [-0.4, -0.2) is 38.6 Å². The zero-order valence-electron chi connectivity index (χ0n) is 19.2. The fourth-order valence-electron chi connectivity index (χ4n) is 4.02. The third-order valence-corrected chi connectivity index (χ3v) is 6.41. The predicted octanol–water partition coefficient (Wildman–Crippen LogP) is 4.39.